The molecule has 4 saturated carbocycles. The van der Waals surface area contributed by atoms with Crippen molar-refractivity contribution in [3.63, 3.8) is 0 Å². The van der Waals surface area contributed by atoms with E-state index in [1.165, 1.54) is 19.3 Å². The van der Waals surface area contributed by atoms with E-state index in [0.29, 0.717) is 5.78 Å². The van der Waals surface area contributed by atoms with E-state index in [2.05, 4.69) is 22.1 Å². The number of Topliss-reactive ketones (excluding diaryl/α,β-unsaturated/α-hetero) is 1. The van der Waals surface area contributed by atoms with Gasteiger partial charge in [-0.25, -0.2) is 0 Å². The summed E-state index contributed by atoms with van der Waals surface area (Å²) in [5, 5.41) is 9.66. The first-order valence-corrected chi connectivity index (χ1v) is 13.1. The highest BCUT2D eigenvalue weighted by Gasteiger charge is 2.55. The number of hydrogen-bond acceptors (Lipinski definition) is 6. The summed E-state index contributed by atoms with van der Waals surface area (Å²) in [5.41, 5.74) is 1.76. The molecule has 3 aromatic rings. The average molecular weight is 475 g/mol. The van der Waals surface area contributed by atoms with E-state index in [4.69, 9.17) is 4.74 Å². The van der Waals surface area contributed by atoms with Gasteiger partial charge in [-0.1, -0.05) is 11.8 Å². The summed E-state index contributed by atoms with van der Waals surface area (Å²) < 4.78 is 7.39. The highest BCUT2D eigenvalue weighted by Crippen LogP contribution is 2.61. The summed E-state index contributed by atoms with van der Waals surface area (Å²) in [6.45, 7) is 2.06. The normalized spacial score (nSPS) is 28.1. The third-order valence-electron chi connectivity index (χ3n) is 8.11. The van der Waals surface area contributed by atoms with Gasteiger partial charge in [0.1, 0.15) is 5.75 Å². The van der Waals surface area contributed by atoms with Gasteiger partial charge in [-0.3, -0.25) is 14.3 Å². The molecule has 0 saturated heterocycles. The lowest BCUT2D eigenvalue weighted by Crippen LogP contribution is -2.51. The van der Waals surface area contributed by atoms with Crippen LogP contribution >= 0.6 is 11.8 Å². The van der Waals surface area contributed by atoms with E-state index in [-0.39, 0.29) is 10.7 Å². The molecule has 1 aromatic carbocycles. The summed E-state index contributed by atoms with van der Waals surface area (Å²) in [7, 11) is 1.66. The number of aromatic nitrogens is 4. The minimum absolute atomic E-state index is 0.111. The van der Waals surface area contributed by atoms with Crippen LogP contribution in [0, 0.1) is 23.2 Å². The van der Waals surface area contributed by atoms with Gasteiger partial charge >= 0.3 is 0 Å². The highest BCUT2D eigenvalue weighted by atomic mass is 32.2. The Morgan fingerprint density at radius 3 is 2.21 bits per heavy atom. The minimum atomic E-state index is -0.164. The number of carbonyl (C=O) groups is 1. The van der Waals surface area contributed by atoms with Gasteiger partial charge in [0.15, 0.2) is 16.8 Å². The molecule has 7 rings (SSSR count). The van der Waals surface area contributed by atoms with Crippen LogP contribution in [0.25, 0.3) is 17.1 Å². The molecular weight excluding hydrogens is 444 g/mol. The van der Waals surface area contributed by atoms with Crippen molar-refractivity contribution in [3.05, 3.63) is 48.8 Å². The van der Waals surface area contributed by atoms with Crippen LogP contribution in [0.5, 0.6) is 5.75 Å². The fourth-order valence-electron chi connectivity index (χ4n) is 7.05. The van der Waals surface area contributed by atoms with Crippen LogP contribution in [0.2, 0.25) is 0 Å². The molecule has 0 amide bonds. The summed E-state index contributed by atoms with van der Waals surface area (Å²) >= 11 is 1.54. The lowest BCUT2D eigenvalue weighted by atomic mass is 9.48. The molecule has 6 nitrogen and oxygen atoms in total. The molecule has 0 aliphatic heterocycles. The van der Waals surface area contributed by atoms with Crippen LogP contribution < -0.4 is 4.74 Å². The topological polar surface area (TPSA) is 69.9 Å². The Morgan fingerprint density at radius 1 is 1.00 bits per heavy atom. The molecule has 176 valence electrons. The van der Waals surface area contributed by atoms with Crippen molar-refractivity contribution >= 4 is 17.5 Å². The van der Waals surface area contributed by atoms with E-state index in [1.54, 1.807) is 31.3 Å². The first-order valence-electron chi connectivity index (χ1n) is 12.3. The molecule has 4 aliphatic carbocycles. The second-order valence-corrected chi connectivity index (χ2v) is 11.7. The number of nitrogens with zero attached hydrogens (tertiary/aromatic N) is 4. The van der Waals surface area contributed by atoms with Gasteiger partial charge in [0, 0.05) is 29.1 Å². The lowest BCUT2D eigenvalue weighted by Gasteiger charge is -2.56. The van der Waals surface area contributed by atoms with Gasteiger partial charge in [-0.2, -0.15) is 0 Å². The predicted molar refractivity (Wildman–Crippen MR) is 132 cm³/mol. The Kier molecular flexibility index (Phi) is 5.47. The maximum Gasteiger partial charge on any atom is 0.196 e. The standard InChI is InChI=1S/C27H30N4O2S/c1-17(24(32)27-14-18-11-19(15-27)13-20(12-18)16-27)34-26-30-29-25(21-7-9-28-10-8-21)31(26)22-3-5-23(33-2)6-4-22/h3-10,17-20H,11-16H2,1-2H3. The van der Waals surface area contributed by atoms with Crippen LogP contribution in [0.4, 0.5) is 0 Å². The monoisotopic (exact) mass is 474 g/mol. The third-order valence-corrected chi connectivity index (χ3v) is 9.16. The summed E-state index contributed by atoms with van der Waals surface area (Å²) in [6.07, 6.45) is 10.8. The molecule has 1 atom stereocenters. The average Bonchev–Trinajstić information content (AvgIpc) is 3.26. The molecule has 0 N–H and O–H groups in total. The molecule has 0 radical (unpaired) electrons. The Balaban J connectivity index is 1.32. The molecule has 7 heteroatoms. The Labute approximate surface area is 204 Å². The maximum atomic E-state index is 13.9. The Morgan fingerprint density at radius 2 is 1.62 bits per heavy atom. The van der Waals surface area contributed by atoms with Crippen molar-refractivity contribution in [1.29, 1.82) is 0 Å². The zero-order valence-electron chi connectivity index (χ0n) is 19.7. The van der Waals surface area contributed by atoms with Crippen molar-refractivity contribution in [2.24, 2.45) is 23.2 Å². The largest absolute Gasteiger partial charge is 0.497 e. The van der Waals surface area contributed by atoms with E-state index in [9.17, 15) is 4.79 Å². The van der Waals surface area contributed by atoms with Gasteiger partial charge < -0.3 is 4.74 Å². The molecule has 4 bridgehead atoms. The number of pyridine rings is 1. The predicted octanol–water partition coefficient (Wildman–Crippen LogP) is 5.60. The molecule has 2 heterocycles. The van der Waals surface area contributed by atoms with Crippen molar-refractivity contribution in [2.45, 2.75) is 55.9 Å². The van der Waals surface area contributed by atoms with Crippen molar-refractivity contribution < 1.29 is 9.53 Å². The van der Waals surface area contributed by atoms with E-state index >= 15 is 0 Å². The van der Waals surface area contributed by atoms with Gasteiger partial charge in [-0.05, 0) is 99.6 Å². The lowest BCUT2D eigenvalue weighted by molar-refractivity contribution is -0.142. The fourth-order valence-corrected chi connectivity index (χ4v) is 8.11. The zero-order chi connectivity index (χ0) is 23.3. The number of rotatable bonds is 7. The molecule has 1 unspecified atom stereocenters. The summed E-state index contributed by atoms with van der Waals surface area (Å²) in [6, 6.07) is 11.7. The van der Waals surface area contributed by atoms with E-state index < -0.39 is 0 Å². The molecule has 4 fully saturated rings. The van der Waals surface area contributed by atoms with Crippen LogP contribution in [-0.4, -0.2) is 37.9 Å². The van der Waals surface area contributed by atoms with Crippen LogP contribution in [0.1, 0.15) is 45.4 Å². The summed E-state index contributed by atoms with van der Waals surface area (Å²) in [4.78, 5) is 18.0. The maximum absolute atomic E-state index is 13.9. The summed E-state index contributed by atoms with van der Waals surface area (Å²) in [5.74, 6) is 4.23. The first kappa shape index (κ1) is 21.8. The smallest absolute Gasteiger partial charge is 0.196 e. The number of hydrogen-bond donors (Lipinski definition) is 0. The molecule has 4 aliphatic rings. The van der Waals surface area contributed by atoms with Crippen molar-refractivity contribution in [2.75, 3.05) is 7.11 Å². The number of ketones is 1. The molecule has 34 heavy (non-hydrogen) atoms. The number of thioether (sulfide) groups is 1. The number of benzene rings is 1. The second-order valence-electron chi connectivity index (χ2n) is 10.4. The molecule has 0 spiro atoms. The van der Waals surface area contributed by atoms with Gasteiger partial charge in [0.2, 0.25) is 0 Å². The first-order chi connectivity index (χ1) is 16.5. The second kappa shape index (κ2) is 8.52. The zero-order valence-corrected chi connectivity index (χ0v) is 20.5. The van der Waals surface area contributed by atoms with Gasteiger partial charge in [-0.15, -0.1) is 10.2 Å². The van der Waals surface area contributed by atoms with Crippen LogP contribution in [0.15, 0.2) is 53.9 Å². The van der Waals surface area contributed by atoms with E-state index in [0.717, 1.165) is 65.0 Å². The van der Waals surface area contributed by atoms with Crippen LogP contribution in [-0.2, 0) is 4.79 Å². The fraction of sp³-hybridized carbons (Fsp3) is 0.481. The van der Waals surface area contributed by atoms with Gasteiger partial charge in [0.25, 0.3) is 0 Å². The Bertz CT molecular complexity index is 1160. The quantitative estimate of drug-likeness (QED) is 0.415. The minimum Gasteiger partial charge on any atom is -0.497 e. The number of carbonyl (C=O) groups excluding carboxylic acids is 1. The van der Waals surface area contributed by atoms with E-state index in [1.807, 2.05) is 41.0 Å². The molecule has 2 aromatic heterocycles. The van der Waals surface area contributed by atoms with Crippen molar-refractivity contribution in [3.8, 4) is 22.8 Å². The van der Waals surface area contributed by atoms with Crippen LogP contribution in [0.3, 0.4) is 0 Å². The van der Waals surface area contributed by atoms with Gasteiger partial charge in [0.05, 0.1) is 12.4 Å². The van der Waals surface area contributed by atoms with Crippen molar-refractivity contribution in [1.82, 2.24) is 19.7 Å². The Hall–Kier alpha value is -2.67. The number of ether oxygens (including phenoxy) is 1. The highest BCUT2D eigenvalue weighted by molar-refractivity contribution is 8.00. The SMILES string of the molecule is COc1ccc(-n2c(SC(C)C(=O)C34CC5CC(CC(C5)C3)C4)nnc2-c2ccncc2)cc1. The third kappa shape index (κ3) is 3.74. The molecular formula is C27H30N4O2S. The number of methoxy groups -OCH3 is 1.